The first kappa shape index (κ1) is 17.6. The Hall–Kier alpha value is -3.45. The van der Waals surface area contributed by atoms with Crippen LogP contribution in [0.5, 0.6) is 0 Å². The quantitative estimate of drug-likeness (QED) is 0.556. The van der Waals surface area contributed by atoms with Gasteiger partial charge in [-0.1, -0.05) is 42.5 Å². The van der Waals surface area contributed by atoms with Crippen molar-refractivity contribution >= 4 is 33.9 Å². The van der Waals surface area contributed by atoms with Crippen LogP contribution in [0, 0.1) is 0 Å². The van der Waals surface area contributed by atoms with Crippen LogP contribution in [0.1, 0.15) is 16.4 Å². The predicted molar refractivity (Wildman–Crippen MR) is 112 cm³/mol. The molecule has 6 nitrogen and oxygen atoms in total. The second kappa shape index (κ2) is 7.18. The molecule has 1 aliphatic heterocycles. The third kappa shape index (κ3) is 3.30. The number of nitrogens with one attached hydrogen (secondary N) is 1. The van der Waals surface area contributed by atoms with Gasteiger partial charge in [-0.15, -0.1) is 0 Å². The van der Waals surface area contributed by atoms with E-state index in [9.17, 15) is 9.59 Å². The molecule has 2 amide bonds. The number of pyridine rings is 1. The summed E-state index contributed by atoms with van der Waals surface area (Å²) in [7, 11) is 0. The van der Waals surface area contributed by atoms with E-state index in [1.807, 2.05) is 66.7 Å². The highest BCUT2D eigenvalue weighted by atomic mass is 32.2. The summed E-state index contributed by atoms with van der Waals surface area (Å²) in [5, 5.41) is 1.55. The molecule has 3 heterocycles. The maximum absolute atomic E-state index is 11.9. The van der Waals surface area contributed by atoms with Gasteiger partial charge in [-0.2, -0.15) is 0 Å². The van der Waals surface area contributed by atoms with Gasteiger partial charge in [0.05, 0.1) is 11.0 Å². The standard InChI is InChI=1S/C22H16N4O2S/c27-21-19(29-22(28)25-21)15-10-8-14(9-11-15)13-26-18-7-2-1-5-16(18)24-20(26)17-6-3-4-12-23-17/h1-12,19H,13H2,(H,25,27,28). The molecular weight excluding hydrogens is 384 g/mol. The van der Waals surface area contributed by atoms with E-state index in [4.69, 9.17) is 4.98 Å². The zero-order valence-corrected chi connectivity index (χ0v) is 16.1. The molecule has 5 rings (SSSR count). The van der Waals surface area contributed by atoms with Gasteiger partial charge in [-0.3, -0.25) is 19.9 Å². The zero-order valence-electron chi connectivity index (χ0n) is 15.3. The molecule has 2 aromatic carbocycles. The first-order chi connectivity index (χ1) is 14.2. The molecule has 0 bridgehead atoms. The minimum atomic E-state index is -0.477. The fourth-order valence-corrected chi connectivity index (χ4v) is 4.31. The summed E-state index contributed by atoms with van der Waals surface area (Å²) >= 11 is 1.02. The number of carbonyl (C=O) groups is 2. The van der Waals surface area contributed by atoms with Crippen molar-refractivity contribution in [2.24, 2.45) is 0 Å². The molecule has 7 heteroatoms. The average molecular weight is 400 g/mol. The molecule has 4 aromatic rings. The van der Waals surface area contributed by atoms with Crippen molar-refractivity contribution in [1.82, 2.24) is 19.9 Å². The molecule has 0 aliphatic carbocycles. The Morgan fingerprint density at radius 1 is 0.966 bits per heavy atom. The molecule has 1 atom stereocenters. The normalized spacial score (nSPS) is 16.3. The van der Waals surface area contributed by atoms with Crippen molar-refractivity contribution in [3.63, 3.8) is 0 Å². The number of rotatable bonds is 4. The number of nitrogens with zero attached hydrogens (tertiary/aromatic N) is 3. The number of imide groups is 1. The highest BCUT2D eigenvalue weighted by Crippen LogP contribution is 2.34. The topological polar surface area (TPSA) is 76.9 Å². The summed E-state index contributed by atoms with van der Waals surface area (Å²) in [6, 6.07) is 21.6. The molecule has 142 valence electrons. The lowest BCUT2D eigenvalue weighted by Crippen LogP contribution is -2.20. The van der Waals surface area contributed by atoms with E-state index in [1.54, 1.807) is 6.20 Å². The van der Waals surface area contributed by atoms with Gasteiger partial charge in [0.1, 0.15) is 10.9 Å². The molecule has 1 unspecified atom stereocenters. The number of para-hydroxylation sites is 2. The largest absolute Gasteiger partial charge is 0.318 e. The van der Waals surface area contributed by atoms with Crippen LogP contribution in [0.2, 0.25) is 0 Å². The van der Waals surface area contributed by atoms with E-state index in [0.29, 0.717) is 6.54 Å². The number of hydrogen-bond donors (Lipinski definition) is 1. The predicted octanol–water partition coefficient (Wildman–Crippen LogP) is 4.17. The van der Waals surface area contributed by atoms with Crippen LogP contribution in [0.4, 0.5) is 4.79 Å². The van der Waals surface area contributed by atoms with Crippen LogP contribution in [-0.4, -0.2) is 25.7 Å². The molecule has 0 saturated carbocycles. The van der Waals surface area contributed by atoms with Crippen LogP contribution in [-0.2, 0) is 11.3 Å². The maximum Gasteiger partial charge on any atom is 0.286 e. The molecular formula is C22H16N4O2S. The second-order valence-corrected chi connectivity index (χ2v) is 7.82. The Balaban J connectivity index is 1.50. The van der Waals surface area contributed by atoms with Crippen LogP contribution in [0.3, 0.4) is 0 Å². The SMILES string of the molecule is O=C1NC(=O)C(c2ccc(Cn3c(-c4ccccn4)nc4ccccc43)cc2)S1. The van der Waals surface area contributed by atoms with Crippen molar-refractivity contribution in [3.8, 4) is 11.5 Å². The average Bonchev–Trinajstić information content (AvgIpc) is 3.29. The summed E-state index contributed by atoms with van der Waals surface area (Å²) < 4.78 is 2.15. The highest BCUT2D eigenvalue weighted by Gasteiger charge is 2.32. The van der Waals surface area contributed by atoms with Crippen LogP contribution in [0.15, 0.2) is 72.9 Å². The van der Waals surface area contributed by atoms with Gasteiger partial charge in [0.25, 0.3) is 5.24 Å². The lowest BCUT2D eigenvalue weighted by atomic mass is 10.1. The molecule has 1 aliphatic rings. The van der Waals surface area contributed by atoms with E-state index in [-0.39, 0.29) is 11.1 Å². The third-order valence-corrected chi connectivity index (χ3v) is 5.90. The molecule has 1 saturated heterocycles. The lowest BCUT2D eigenvalue weighted by molar-refractivity contribution is -0.119. The summed E-state index contributed by atoms with van der Waals surface area (Å²) in [5.74, 6) is 0.554. The smallest absolute Gasteiger partial charge is 0.286 e. The fraction of sp³-hybridized carbons (Fsp3) is 0.0909. The zero-order chi connectivity index (χ0) is 19.8. The first-order valence-electron chi connectivity index (χ1n) is 9.16. The van der Waals surface area contributed by atoms with Gasteiger partial charge in [-0.25, -0.2) is 4.98 Å². The molecule has 1 N–H and O–H groups in total. The van der Waals surface area contributed by atoms with Gasteiger partial charge in [0.15, 0.2) is 5.82 Å². The number of benzene rings is 2. The Morgan fingerprint density at radius 3 is 2.48 bits per heavy atom. The van der Waals surface area contributed by atoms with Crippen molar-refractivity contribution in [2.75, 3.05) is 0 Å². The summed E-state index contributed by atoms with van der Waals surface area (Å²) in [4.78, 5) is 32.6. The fourth-order valence-electron chi connectivity index (χ4n) is 3.48. The number of thioether (sulfide) groups is 1. The molecule has 29 heavy (non-hydrogen) atoms. The second-order valence-electron chi connectivity index (χ2n) is 6.74. The Labute approximate surface area is 171 Å². The van der Waals surface area contributed by atoms with Gasteiger partial charge in [-0.05, 0) is 47.2 Å². The van der Waals surface area contributed by atoms with Gasteiger partial charge >= 0.3 is 0 Å². The third-order valence-electron chi connectivity index (χ3n) is 4.86. The Morgan fingerprint density at radius 2 is 1.76 bits per heavy atom. The lowest BCUT2D eigenvalue weighted by Gasteiger charge is -2.11. The molecule has 2 aromatic heterocycles. The monoisotopic (exact) mass is 400 g/mol. The minimum absolute atomic E-state index is 0.259. The minimum Gasteiger partial charge on any atom is -0.318 e. The summed E-state index contributed by atoms with van der Waals surface area (Å²) in [5.41, 5.74) is 4.67. The van der Waals surface area contributed by atoms with E-state index >= 15 is 0 Å². The summed E-state index contributed by atoms with van der Waals surface area (Å²) in [6.07, 6.45) is 1.76. The van der Waals surface area contributed by atoms with Crippen molar-refractivity contribution in [3.05, 3.63) is 84.1 Å². The van der Waals surface area contributed by atoms with Crippen LogP contribution >= 0.6 is 11.8 Å². The number of hydrogen-bond acceptors (Lipinski definition) is 5. The Bertz CT molecular complexity index is 1220. The number of amides is 2. The van der Waals surface area contributed by atoms with Crippen molar-refractivity contribution < 1.29 is 9.59 Å². The van der Waals surface area contributed by atoms with Crippen molar-refractivity contribution in [2.45, 2.75) is 11.8 Å². The summed E-state index contributed by atoms with van der Waals surface area (Å²) in [6.45, 7) is 0.621. The van der Waals surface area contributed by atoms with E-state index in [0.717, 1.165) is 45.4 Å². The van der Waals surface area contributed by atoms with Gasteiger partial charge < -0.3 is 4.57 Å². The Kier molecular flexibility index (Phi) is 4.37. The van der Waals surface area contributed by atoms with E-state index < -0.39 is 5.25 Å². The number of fused-ring (bicyclic) bond motifs is 1. The highest BCUT2D eigenvalue weighted by molar-refractivity contribution is 8.15. The molecule has 0 spiro atoms. The van der Waals surface area contributed by atoms with E-state index in [1.165, 1.54) is 0 Å². The van der Waals surface area contributed by atoms with Gasteiger partial charge in [0, 0.05) is 12.7 Å². The number of carbonyl (C=O) groups excluding carboxylic acids is 2. The first-order valence-corrected chi connectivity index (χ1v) is 10.0. The number of aromatic nitrogens is 3. The molecule has 0 radical (unpaired) electrons. The van der Waals surface area contributed by atoms with E-state index in [2.05, 4.69) is 14.9 Å². The van der Waals surface area contributed by atoms with Gasteiger partial charge in [0.2, 0.25) is 5.91 Å². The maximum atomic E-state index is 11.9. The number of imidazole rings is 1. The van der Waals surface area contributed by atoms with Crippen LogP contribution in [0.25, 0.3) is 22.6 Å². The van der Waals surface area contributed by atoms with Crippen molar-refractivity contribution in [1.29, 1.82) is 0 Å². The molecule has 1 fully saturated rings. The van der Waals surface area contributed by atoms with Crippen LogP contribution < -0.4 is 5.32 Å².